The van der Waals surface area contributed by atoms with Crippen LogP contribution in [0.5, 0.6) is 0 Å². The number of hydrogen-bond acceptors (Lipinski definition) is 4. The number of aromatic nitrogens is 3. The number of aliphatic hydroxyl groups is 1. The minimum absolute atomic E-state index is 0.159. The molecule has 0 radical (unpaired) electrons. The first-order valence-electron chi connectivity index (χ1n) is 10.1. The normalized spacial score (nSPS) is 13.4. The van der Waals surface area contributed by atoms with Gasteiger partial charge in [0.1, 0.15) is 0 Å². The summed E-state index contributed by atoms with van der Waals surface area (Å²) in [6, 6.07) is 10.5. The molecule has 2 unspecified atom stereocenters. The van der Waals surface area contributed by atoms with Crippen LogP contribution in [0.15, 0.2) is 54.7 Å². The molecule has 0 fully saturated rings. The molecule has 2 atom stereocenters. The van der Waals surface area contributed by atoms with Gasteiger partial charge in [0.2, 0.25) is 0 Å². The molecule has 7 nitrogen and oxygen atoms in total. The Morgan fingerprint density at radius 2 is 1.81 bits per heavy atom. The van der Waals surface area contributed by atoms with E-state index in [1.165, 1.54) is 18.2 Å². The van der Waals surface area contributed by atoms with Crippen LogP contribution in [-0.4, -0.2) is 32.2 Å². The highest BCUT2D eigenvalue weighted by molar-refractivity contribution is 6.00. The highest BCUT2D eigenvalue weighted by atomic mass is 19.4. The summed E-state index contributed by atoms with van der Waals surface area (Å²) in [5, 5.41) is 23.1. The van der Waals surface area contributed by atoms with E-state index in [1.54, 1.807) is 35.1 Å². The number of nitrogens with zero attached hydrogens (tertiary/aromatic N) is 3. The van der Waals surface area contributed by atoms with Gasteiger partial charge in [0, 0.05) is 11.6 Å². The molecular formula is C22H24F3N5O2. The molecule has 32 heavy (non-hydrogen) atoms. The monoisotopic (exact) mass is 447 g/mol. The van der Waals surface area contributed by atoms with Crippen molar-refractivity contribution in [2.45, 2.75) is 44.9 Å². The number of anilines is 2. The molecular weight excluding hydrogens is 423 g/mol. The van der Waals surface area contributed by atoms with Crippen molar-refractivity contribution in [1.82, 2.24) is 15.0 Å². The first-order chi connectivity index (χ1) is 15.2. The summed E-state index contributed by atoms with van der Waals surface area (Å²) in [5.41, 5.74) is 0.474. The number of hydrogen-bond donors (Lipinski definition) is 3. The Labute approximate surface area is 183 Å². The lowest BCUT2D eigenvalue weighted by molar-refractivity contribution is -0.136. The maximum absolute atomic E-state index is 13.1. The second kappa shape index (κ2) is 9.82. The predicted octanol–water partition coefficient (Wildman–Crippen LogP) is 5.19. The lowest BCUT2D eigenvalue weighted by Gasteiger charge is -2.15. The number of para-hydroxylation sites is 1. The van der Waals surface area contributed by atoms with E-state index >= 15 is 0 Å². The van der Waals surface area contributed by atoms with Gasteiger partial charge in [0.05, 0.1) is 34.9 Å². The largest absolute Gasteiger partial charge is 0.418 e. The lowest BCUT2D eigenvalue weighted by Crippen LogP contribution is -2.21. The summed E-state index contributed by atoms with van der Waals surface area (Å²) in [6.07, 6.45) is -1.82. The Kier molecular flexibility index (Phi) is 7.14. The second-order valence-corrected chi connectivity index (χ2v) is 7.40. The van der Waals surface area contributed by atoms with Gasteiger partial charge in [-0.2, -0.15) is 13.2 Å². The summed E-state index contributed by atoms with van der Waals surface area (Å²) in [4.78, 5) is 12.2. The summed E-state index contributed by atoms with van der Waals surface area (Å²) < 4.78 is 40.7. The summed E-state index contributed by atoms with van der Waals surface area (Å²) in [5.74, 6) is -0.159. The number of benzene rings is 2. The average molecular weight is 447 g/mol. The maximum atomic E-state index is 13.1. The zero-order valence-electron chi connectivity index (χ0n) is 17.6. The van der Waals surface area contributed by atoms with Crippen LogP contribution in [0, 0.1) is 0 Å². The molecule has 3 aromatic rings. The van der Waals surface area contributed by atoms with Gasteiger partial charge < -0.3 is 15.7 Å². The Morgan fingerprint density at radius 3 is 2.47 bits per heavy atom. The first-order valence-corrected chi connectivity index (χ1v) is 10.1. The molecule has 0 bridgehead atoms. The quantitative estimate of drug-likeness (QED) is 0.465. The highest BCUT2D eigenvalue weighted by Crippen LogP contribution is 2.34. The van der Waals surface area contributed by atoms with Crippen molar-refractivity contribution < 1.29 is 23.1 Å². The van der Waals surface area contributed by atoms with Gasteiger partial charge in [0.25, 0.3) is 0 Å². The van der Waals surface area contributed by atoms with E-state index < -0.39 is 23.9 Å². The Bertz CT molecular complexity index is 1050. The molecule has 170 valence electrons. The number of rotatable bonds is 7. The van der Waals surface area contributed by atoms with Crippen LogP contribution in [0.4, 0.5) is 29.3 Å². The Morgan fingerprint density at radius 1 is 1.12 bits per heavy atom. The minimum atomic E-state index is -4.58. The summed E-state index contributed by atoms with van der Waals surface area (Å²) in [6.45, 7) is 3.88. The number of urea groups is 1. The Balaban J connectivity index is 1.65. The minimum Gasteiger partial charge on any atom is -0.392 e. The third kappa shape index (κ3) is 5.64. The van der Waals surface area contributed by atoms with E-state index in [9.17, 15) is 23.1 Å². The van der Waals surface area contributed by atoms with Crippen molar-refractivity contribution in [2.75, 3.05) is 10.6 Å². The van der Waals surface area contributed by atoms with E-state index in [4.69, 9.17) is 0 Å². The lowest BCUT2D eigenvalue weighted by atomic mass is 9.98. The topological polar surface area (TPSA) is 92.1 Å². The standard InChI is InChI=1S/C22H24F3N5O2/c1-3-6-20(31)14(2)19-13-30(29-28-19)16-11-9-15(10-12-16)26-21(32)27-18-8-5-4-7-17(18)22(23,24)25/h4-5,7-14,20,31H,3,6H2,1-2H3,(H2,26,27,32). The smallest absolute Gasteiger partial charge is 0.392 e. The predicted molar refractivity (Wildman–Crippen MR) is 115 cm³/mol. The van der Waals surface area contributed by atoms with Crippen LogP contribution >= 0.6 is 0 Å². The van der Waals surface area contributed by atoms with E-state index in [-0.39, 0.29) is 11.6 Å². The van der Waals surface area contributed by atoms with Crippen molar-refractivity contribution in [3.8, 4) is 5.69 Å². The van der Waals surface area contributed by atoms with Crippen LogP contribution in [0.1, 0.15) is 43.9 Å². The van der Waals surface area contributed by atoms with Gasteiger partial charge in [-0.1, -0.05) is 37.6 Å². The SMILES string of the molecule is CCCC(O)C(C)c1cn(-c2ccc(NC(=O)Nc3ccccc3C(F)(F)F)cc2)nn1. The van der Waals surface area contributed by atoms with Crippen LogP contribution < -0.4 is 10.6 Å². The van der Waals surface area contributed by atoms with Crippen molar-refractivity contribution in [3.63, 3.8) is 0 Å². The summed E-state index contributed by atoms with van der Waals surface area (Å²) in [7, 11) is 0. The fourth-order valence-corrected chi connectivity index (χ4v) is 3.18. The number of aliphatic hydroxyl groups excluding tert-OH is 1. The molecule has 3 N–H and O–H groups in total. The van der Waals surface area contributed by atoms with Crippen molar-refractivity contribution in [3.05, 3.63) is 66.0 Å². The third-order valence-corrected chi connectivity index (χ3v) is 5.01. The molecule has 3 rings (SSSR count). The molecule has 0 spiro atoms. The van der Waals surface area contributed by atoms with Gasteiger partial charge in [-0.05, 0) is 42.8 Å². The number of nitrogens with one attached hydrogen (secondary N) is 2. The molecule has 1 heterocycles. The van der Waals surface area contributed by atoms with Crippen LogP contribution in [0.3, 0.4) is 0 Å². The molecule has 0 aliphatic carbocycles. The fraction of sp³-hybridized carbons (Fsp3) is 0.318. The van der Waals surface area contributed by atoms with Crippen LogP contribution in [0.2, 0.25) is 0 Å². The first kappa shape index (κ1) is 23.3. The average Bonchev–Trinajstić information content (AvgIpc) is 3.23. The van der Waals surface area contributed by atoms with Gasteiger partial charge in [-0.15, -0.1) is 5.10 Å². The van der Waals surface area contributed by atoms with Crippen LogP contribution in [-0.2, 0) is 6.18 Å². The van der Waals surface area contributed by atoms with E-state index in [2.05, 4.69) is 20.9 Å². The molecule has 10 heteroatoms. The van der Waals surface area contributed by atoms with Crippen LogP contribution in [0.25, 0.3) is 5.69 Å². The number of carbonyl (C=O) groups excluding carboxylic acids is 1. The van der Waals surface area contributed by atoms with Gasteiger partial charge >= 0.3 is 12.2 Å². The third-order valence-electron chi connectivity index (χ3n) is 5.01. The van der Waals surface area contributed by atoms with Crippen molar-refractivity contribution >= 4 is 17.4 Å². The molecule has 0 saturated carbocycles. The van der Waals surface area contributed by atoms with Gasteiger partial charge in [0.15, 0.2) is 0 Å². The molecule has 1 aromatic heterocycles. The van der Waals surface area contributed by atoms with Crippen molar-refractivity contribution in [2.24, 2.45) is 0 Å². The van der Waals surface area contributed by atoms with E-state index in [0.29, 0.717) is 23.5 Å². The molecule has 0 aliphatic rings. The molecule has 2 amide bonds. The van der Waals surface area contributed by atoms with Gasteiger partial charge in [-0.25, -0.2) is 9.48 Å². The number of halogens is 3. The number of carbonyl (C=O) groups is 1. The maximum Gasteiger partial charge on any atom is 0.418 e. The van der Waals surface area contributed by atoms with E-state index in [0.717, 1.165) is 12.5 Å². The summed E-state index contributed by atoms with van der Waals surface area (Å²) >= 11 is 0. The number of amides is 2. The zero-order chi connectivity index (χ0) is 23.3. The van der Waals surface area contributed by atoms with Crippen molar-refractivity contribution in [1.29, 1.82) is 0 Å². The molecule has 0 saturated heterocycles. The van der Waals surface area contributed by atoms with E-state index in [1.807, 2.05) is 13.8 Å². The van der Waals surface area contributed by atoms with Gasteiger partial charge in [-0.3, -0.25) is 0 Å². The molecule has 0 aliphatic heterocycles. The highest BCUT2D eigenvalue weighted by Gasteiger charge is 2.33. The second-order valence-electron chi connectivity index (χ2n) is 7.40. The number of alkyl halides is 3. The Hall–Kier alpha value is -3.40. The molecule has 2 aromatic carbocycles. The fourth-order valence-electron chi connectivity index (χ4n) is 3.18. The zero-order valence-corrected chi connectivity index (χ0v) is 17.6.